The number of nitrogens with one attached hydrogen (secondary N) is 1. The minimum Gasteiger partial charge on any atom is -0.406 e. The Kier molecular flexibility index (Phi) is 5.47. The van der Waals surface area contributed by atoms with Crippen molar-refractivity contribution in [3.05, 3.63) is 36.9 Å². The molecule has 1 aliphatic rings. The first-order valence-corrected chi connectivity index (χ1v) is 9.01. The molecular weight excluding hydrogens is 423 g/mol. The molecule has 13 heteroatoms. The van der Waals surface area contributed by atoms with E-state index in [1.54, 1.807) is 0 Å². The van der Waals surface area contributed by atoms with Crippen molar-refractivity contribution >= 4 is 29.0 Å². The minimum absolute atomic E-state index is 0.258. The fraction of sp³-hybridized carbons (Fsp3) is 0.333. The highest BCUT2D eigenvalue weighted by Gasteiger charge is 2.44. The van der Waals surface area contributed by atoms with Gasteiger partial charge in [-0.3, -0.25) is 4.57 Å². The number of carbonyl (C=O) groups excluding carboxylic acids is 1. The molecule has 0 amide bonds. The monoisotopic (exact) mass is 439 g/mol. The summed E-state index contributed by atoms with van der Waals surface area (Å²) in [5.74, 6) is -1.05. The number of carbonyl (C=O) groups is 1. The summed E-state index contributed by atoms with van der Waals surface area (Å²) in [6, 6.07) is 5.03. The lowest BCUT2D eigenvalue weighted by Gasteiger charge is -2.16. The van der Waals surface area contributed by atoms with Gasteiger partial charge in [0.05, 0.1) is 25.0 Å². The van der Waals surface area contributed by atoms with Gasteiger partial charge in [-0.25, -0.2) is 15.0 Å². The van der Waals surface area contributed by atoms with E-state index in [9.17, 15) is 28.2 Å². The van der Waals surface area contributed by atoms with E-state index in [0.29, 0.717) is 17.5 Å². The van der Waals surface area contributed by atoms with Crippen molar-refractivity contribution in [2.75, 3.05) is 11.9 Å². The standard InChI is InChI=1S/C18H16F3N5O5/c19-18(20,21)31-10-3-1-9(2-4-10)25-15-13-16(23-7-22-15)26(8-24-13)17-11(5-27)14(29)12(6-28)30-17/h1-5,7-8,11-12,14,17,28-29H,6H2,(H,22,23,25)/t11?,12-,14+,17?/m1/s1. The number of fused-ring (bicyclic) bond motifs is 1. The summed E-state index contributed by atoms with van der Waals surface area (Å²) in [6.45, 7) is -0.468. The first kappa shape index (κ1) is 21.0. The molecule has 10 nitrogen and oxygen atoms in total. The number of halogens is 3. The van der Waals surface area contributed by atoms with Gasteiger partial charge in [0.15, 0.2) is 17.0 Å². The molecule has 1 saturated heterocycles. The first-order valence-electron chi connectivity index (χ1n) is 9.01. The maximum absolute atomic E-state index is 12.3. The van der Waals surface area contributed by atoms with Crippen LogP contribution in [0, 0.1) is 5.92 Å². The van der Waals surface area contributed by atoms with E-state index < -0.39 is 37.3 Å². The molecule has 1 aliphatic heterocycles. The number of rotatable bonds is 6. The first-order chi connectivity index (χ1) is 14.8. The number of hydrogen-bond donors (Lipinski definition) is 3. The Balaban J connectivity index is 1.60. The van der Waals surface area contributed by atoms with Crippen LogP contribution >= 0.6 is 0 Å². The Morgan fingerprint density at radius 3 is 2.61 bits per heavy atom. The van der Waals surface area contributed by atoms with E-state index in [4.69, 9.17) is 4.74 Å². The van der Waals surface area contributed by atoms with Crippen LogP contribution in [0.3, 0.4) is 0 Å². The van der Waals surface area contributed by atoms with E-state index >= 15 is 0 Å². The van der Waals surface area contributed by atoms with Gasteiger partial charge < -0.3 is 29.8 Å². The highest BCUT2D eigenvalue weighted by Crippen LogP contribution is 2.36. The lowest BCUT2D eigenvalue weighted by molar-refractivity contribution is -0.274. The largest absolute Gasteiger partial charge is 0.573 e. The summed E-state index contributed by atoms with van der Waals surface area (Å²) < 4.78 is 47.7. The lowest BCUT2D eigenvalue weighted by Crippen LogP contribution is -2.30. The molecule has 4 atom stereocenters. The van der Waals surface area contributed by atoms with Crippen LogP contribution in [-0.2, 0) is 9.53 Å². The van der Waals surface area contributed by atoms with Crippen molar-refractivity contribution in [2.45, 2.75) is 24.8 Å². The molecule has 1 aromatic carbocycles. The lowest BCUT2D eigenvalue weighted by atomic mass is 10.0. The third kappa shape index (κ3) is 4.15. The zero-order valence-corrected chi connectivity index (χ0v) is 15.6. The molecule has 3 heterocycles. The Morgan fingerprint density at radius 2 is 1.97 bits per heavy atom. The second-order valence-electron chi connectivity index (χ2n) is 6.70. The van der Waals surface area contributed by atoms with Crippen molar-refractivity contribution in [3.8, 4) is 5.75 Å². The van der Waals surface area contributed by atoms with Crippen LogP contribution in [0.25, 0.3) is 11.2 Å². The number of aliphatic hydroxyl groups is 2. The average Bonchev–Trinajstić information content (AvgIpc) is 3.29. The molecule has 0 saturated carbocycles. The molecule has 31 heavy (non-hydrogen) atoms. The smallest absolute Gasteiger partial charge is 0.406 e. The SMILES string of the molecule is O=CC1C(n2cnc3c(Nc4ccc(OC(F)(F)F)cc4)ncnc32)O[C@H](CO)[C@H]1O. The molecule has 0 radical (unpaired) electrons. The number of ether oxygens (including phenoxy) is 2. The topological polar surface area (TPSA) is 132 Å². The van der Waals surface area contributed by atoms with Gasteiger partial charge in [-0.15, -0.1) is 13.2 Å². The number of alkyl halides is 3. The maximum atomic E-state index is 12.3. The predicted octanol–water partition coefficient (Wildman–Crippen LogP) is 1.53. The molecular formula is C18H16F3N5O5. The van der Waals surface area contributed by atoms with Crippen LogP contribution in [0.1, 0.15) is 6.23 Å². The minimum atomic E-state index is -4.79. The zero-order chi connectivity index (χ0) is 22.2. The van der Waals surface area contributed by atoms with Crippen molar-refractivity contribution < 1.29 is 37.7 Å². The third-order valence-corrected chi connectivity index (χ3v) is 4.74. The zero-order valence-electron chi connectivity index (χ0n) is 15.6. The summed E-state index contributed by atoms with van der Waals surface area (Å²) in [7, 11) is 0. The molecule has 3 aromatic rings. The number of hydrogen-bond acceptors (Lipinski definition) is 9. The van der Waals surface area contributed by atoms with Gasteiger partial charge in [-0.1, -0.05) is 0 Å². The summed E-state index contributed by atoms with van der Waals surface area (Å²) in [5.41, 5.74) is 1.01. The van der Waals surface area contributed by atoms with Crippen LogP contribution in [0.4, 0.5) is 24.7 Å². The number of benzene rings is 1. The molecule has 2 unspecified atom stereocenters. The summed E-state index contributed by atoms with van der Waals surface area (Å²) in [5, 5.41) is 22.4. The van der Waals surface area contributed by atoms with Gasteiger partial charge >= 0.3 is 6.36 Å². The Morgan fingerprint density at radius 1 is 1.23 bits per heavy atom. The number of aldehydes is 1. The number of aliphatic hydroxyl groups excluding tert-OH is 2. The van der Waals surface area contributed by atoms with E-state index in [2.05, 4.69) is 25.0 Å². The molecule has 2 aromatic heterocycles. The average molecular weight is 439 g/mol. The predicted molar refractivity (Wildman–Crippen MR) is 98.3 cm³/mol. The van der Waals surface area contributed by atoms with E-state index in [1.165, 1.54) is 29.4 Å². The number of aromatic nitrogens is 4. The second kappa shape index (κ2) is 8.09. The van der Waals surface area contributed by atoms with Crippen LogP contribution in [0.5, 0.6) is 5.75 Å². The molecule has 1 fully saturated rings. The summed E-state index contributed by atoms with van der Waals surface area (Å²) in [4.78, 5) is 23.9. The molecule has 3 N–H and O–H groups in total. The van der Waals surface area contributed by atoms with Gasteiger partial charge in [-0.2, -0.15) is 0 Å². The van der Waals surface area contributed by atoms with Crippen LogP contribution in [-0.4, -0.2) is 61.2 Å². The van der Waals surface area contributed by atoms with E-state index in [1.807, 2.05) is 0 Å². The normalized spacial score (nSPS) is 23.8. The van der Waals surface area contributed by atoms with Crippen LogP contribution in [0.2, 0.25) is 0 Å². The van der Waals surface area contributed by atoms with Crippen LogP contribution in [0.15, 0.2) is 36.9 Å². The Bertz CT molecular complexity index is 1070. The highest BCUT2D eigenvalue weighted by atomic mass is 19.4. The fourth-order valence-corrected chi connectivity index (χ4v) is 3.32. The Labute approximate surface area is 172 Å². The van der Waals surface area contributed by atoms with E-state index in [-0.39, 0.29) is 17.2 Å². The second-order valence-corrected chi connectivity index (χ2v) is 6.70. The summed E-state index contributed by atoms with van der Waals surface area (Å²) in [6.07, 6.45) is -4.72. The van der Waals surface area contributed by atoms with Gasteiger partial charge in [0, 0.05) is 5.69 Å². The maximum Gasteiger partial charge on any atom is 0.573 e. The van der Waals surface area contributed by atoms with E-state index in [0.717, 1.165) is 12.1 Å². The highest BCUT2D eigenvalue weighted by molar-refractivity contribution is 5.85. The van der Waals surface area contributed by atoms with Crippen LogP contribution < -0.4 is 10.1 Å². The third-order valence-electron chi connectivity index (χ3n) is 4.74. The number of anilines is 2. The van der Waals surface area contributed by atoms with Crippen molar-refractivity contribution in [1.29, 1.82) is 0 Å². The molecule has 4 rings (SSSR count). The van der Waals surface area contributed by atoms with Crippen molar-refractivity contribution in [2.24, 2.45) is 5.92 Å². The number of imidazole rings is 1. The molecule has 0 bridgehead atoms. The van der Waals surface area contributed by atoms with Gasteiger partial charge in [0.2, 0.25) is 0 Å². The Hall–Kier alpha value is -3.29. The number of nitrogens with zero attached hydrogens (tertiary/aromatic N) is 4. The van der Waals surface area contributed by atoms with Gasteiger partial charge in [-0.05, 0) is 24.3 Å². The van der Waals surface area contributed by atoms with Crippen molar-refractivity contribution in [1.82, 2.24) is 19.5 Å². The van der Waals surface area contributed by atoms with Crippen molar-refractivity contribution in [3.63, 3.8) is 0 Å². The molecule has 0 spiro atoms. The summed E-state index contributed by atoms with van der Waals surface area (Å²) >= 11 is 0. The molecule has 0 aliphatic carbocycles. The van der Waals surface area contributed by atoms with Gasteiger partial charge in [0.25, 0.3) is 0 Å². The molecule has 164 valence electrons. The fourth-order valence-electron chi connectivity index (χ4n) is 3.32. The quantitative estimate of drug-likeness (QED) is 0.489. The van der Waals surface area contributed by atoms with Gasteiger partial charge in [0.1, 0.15) is 30.7 Å².